The molecule has 0 saturated carbocycles. The van der Waals surface area contributed by atoms with E-state index in [4.69, 9.17) is 16.7 Å². The van der Waals surface area contributed by atoms with Crippen LogP contribution in [0.2, 0.25) is 5.02 Å². The van der Waals surface area contributed by atoms with Gasteiger partial charge in [0.25, 0.3) is 0 Å². The molecule has 0 spiro atoms. The summed E-state index contributed by atoms with van der Waals surface area (Å²) < 4.78 is 12.9. The van der Waals surface area contributed by atoms with E-state index >= 15 is 0 Å². The smallest absolute Gasteiger partial charge is 0.220 e. The van der Waals surface area contributed by atoms with Crippen molar-refractivity contribution in [1.29, 1.82) is 0 Å². The van der Waals surface area contributed by atoms with Gasteiger partial charge in [-0.2, -0.15) is 0 Å². The lowest BCUT2D eigenvalue weighted by molar-refractivity contribution is -0.121. The Labute approximate surface area is 105 Å². The first kappa shape index (κ1) is 13.9. The molecule has 2 N–H and O–H groups in total. The number of aliphatic hydroxyl groups is 1. The van der Waals surface area contributed by atoms with Gasteiger partial charge in [-0.05, 0) is 30.5 Å². The van der Waals surface area contributed by atoms with Crippen LogP contribution in [0.15, 0.2) is 18.2 Å². The summed E-state index contributed by atoms with van der Waals surface area (Å²) in [6, 6.07) is 4.50. The number of hydrogen-bond acceptors (Lipinski definition) is 2. The van der Waals surface area contributed by atoms with E-state index in [0.717, 1.165) is 5.56 Å². The standard InChI is InChI=1S/C12H15ClFNO2/c13-10-8-9(3-4-11(10)14)5-6-15-12(17)2-1-7-16/h3-4,8,16H,1-2,5-7H2,(H,15,17). The zero-order chi connectivity index (χ0) is 12.7. The summed E-state index contributed by atoms with van der Waals surface area (Å²) in [5, 5.41) is 11.3. The summed E-state index contributed by atoms with van der Waals surface area (Å²) in [4.78, 5) is 11.2. The van der Waals surface area contributed by atoms with Gasteiger partial charge in [-0.1, -0.05) is 17.7 Å². The third-order valence-electron chi connectivity index (χ3n) is 2.28. The van der Waals surface area contributed by atoms with Crippen molar-refractivity contribution in [3.63, 3.8) is 0 Å². The first-order valence-electron chi connectivity index (χ1n) is 5.45. The molecule has 0 aromatic heterocycles. The van der Waals surface area contributed by atoms with Crippen molar-refractivity contribution < 1.29 is 14.3 Å². The van der Waals surface area contributed by atoms with Crippen LogP contribution in [0.4, 0.5) is 4.39 Å². The first-order valence-corrected chi connectivity index (χ1v) is 5.82. The number of halogens is 2. The Kier molecular flexibility index (Phi) is 5.94. The molecular formula is C12H15ClFNO2. The summed E-state index contributed by atoms with van der Waals surface area (Å²) in [6.45, 7) is 0.493. The molecule has 0 heterocycles. The number of carbonyl (C=O) groups is 1. The molecule has 0 fully saturated rings. The van der Waals surface area contributed by atoms with Crippen molar-refractivity contribution in [3.05, 3.63) is 34.6 Å². The predicted octanol–water partition coefficient (Wildman–Crippen LogP) is 1.91. The number of amides is 1. The Hall–Kier alpha value is -1.13. The molecule has 1 amide bonds. The van der Waals surface area contributed by atoms with Crippen LogP contribution in [0.25, 0.3) is 0 Å². The van der Waals surface area contributed by atoms with Gasteiger partial charge in [0.1, 0.15) is 5.82 Å². The summed E-state index contributed by atoms with van der Waals surface area (Å²) in [7, 11) is 0. The van der Waals surface area contributed by atoms with Gasteiger partial charge in [-0.3, -0.25) is 4.79 Å². The first-order chi connectivity index (χ1) is 8.13. The fraction of sp³-hybridized carbons (Fsp3) is 0.417. The molecule has 0 unspecified atom stereocenters. The number of nitrogens with one attached hydrogen (secondary N) is 1. The lowest BCUT2D eigenvalue weighted by Gasteiger charge is -2.05. The molecule has 3 nitrogen and oxygen atoms in total. The van der Waals surface area contributed by atoms with Crippen molar-refractivity contribution in [1.82, 2.24) is 5.32 Å². The lowest BCUT2D eigenvalue weighted by Crippen LogP contribution is -2.25. The van der Waals surface area contributed by atoms with E-state index in [-0.39, 0.29) is 17.5 Å². The van der Waals surface area contributed by atoms with Crippen LogP contribution in [0.3, 0.4) is 0 Å². The molecule has 0 bridgehead atoms. The van der Waals surface area contributed by atoms with E-state index in [1.165, 1.54) is 6.07 Å². The molecule has 1 aromatic rings. The van der Waals surface area contributed by atoms with Gasteiger partial charge in [-0.25, -0.2) is 4.39 Å². The van der Waals surface area contributed by atoms with Crippen LogP contribution in [0.5, 0.6) is 0 Å². The van der Waals surface area contributed by atoms with Crippen LogP contribution >= 0.6 is 11.6 Å². The van der Waals surface area contributed by atoms with Crippen LogP contribution in [-0.4, -0.2) is 24.2 Å². The Bertz CT molecular complexity index is 385. The monoisotopic (exact) mass is 259 g/mol. The highest BCUT2D eigenvalue weighted by atomic mass is 35.5. The summed E-state index contributed by atoms with van der Waals surface area (Å²) in [5.74, 6) is -0.533. The molecular weight excluding hydrogens is 245 g/mol. The second-order valence-electron chi connectivity index (χ2n) is 3.68. The Morgan fingerprint density at radius 3 is 2.88 bits per heavy atom. The number of hydrogen-bond donors (Lipinski definition) is 2. The van der Waals surface area contributed by atoms with Gasteiger partial charge >= 0.3 is 0 Å². The Morgan fingerprint density at radius 1 is 1.47 bits per heavy atom. The van der Waals surface area contributed by atoms with E-state index in [1.807, 2.05) is 0 Å². The van der Waals surface area contributed by atoms with Gasteiger partial charge in [0.15, 0.2) is 0 Å². The molecule has 1 rings (SSSR count). The normalized spacial score (nSPS) is 10.3. The van der Waals surface area contributed by atoms with E-state index in [0.29, 0.717) is 25.8 Å². The summed E-state index contributed by atoms with van der Waals surface area (Å²) in [5.41, 5.74) is 0.874. The minimum Gasteiger partial charge on any atom is -0.396 e. The third kappa shape index (κ3) is 5.15. The topological polar surface area (TPSA) is 49.3 Å². The predicted molar refractivity (Wildman–Crippen MR) is 64.4 cm³/mol. The maximum absolute atomic E-state index is 12.9. The quantitative estimate of drug-likeness (QED) is 0.820. The molecule has 0 saturated heterocycles. The van der Waals surface area contributed by atoms with Gasteiger partial charge < -0.3 is 10.4 Å². The zero-order valence-corrected chi connectivity index (χ0v) is 10.1. The van der Waals surface area contributed by atoms with Crippen molar-refractivity contribution in [2.45, 2.75) is 19.3 Å². The summed E-state index contributed by atoms with van der Waals surface area (Å²) >= 11 is 5.63. The van der Waals surface area contributed by atoms with Crippen molar-refractivity contribution in [2.75, 3.05) is 13.2 Å². The van der Waals surface area contributed by atoms with Crippen LogP contribution in [-0.2, 0) is 11.2 Å². The SMILES string of the molecule is O=C(CCCO)NCCc1ccc(F)c(Cl)c1. The zero-order valence-electron chi connectivity index (χ0n) is 9.38. The highest BCUT2D eigenvalue weighted by molar-refractivity contribution is 6.30. The molecule has 0 aliphatic rings. The van der Waals surface area contributed by atoms with E-state index in [2.05, 4.69) is 5.32 Å². The third-order valence-corrected chi connectivity index (χ3v) is 2.57. The van der Waals surface area contributed by atoms with E-state index < -0.39 is 5.82 Å². The van der Waals surface area contributed by atoms with E-state index in [1.54, 1.807) is 12.1 Å². The highest BCUT2D eigenvalue weighted by Crippen LogP contribution is 2.15. The van der Waals surface area contributed by atoms with Gasteiger partial charge in [0.2, 0.25) is 5.91 Å². The number of benzene rings is 1. The van der Waals surface area contributed by atoms with Crippen LogP contribution in [0, 0.1) is 5.82 Å². The molecule has 0 aliphatic carbocycles. The van der Waals surface area contributed by atoms with Crippen LogP contribution in [0.1, 0.15) is 18.4 Å². The molecule has 0 aliphatic heterocycles. The second-order valence-corrected chi connectivity index (χ2v) is 4.08. The molecule has 17 heavy (non-hydrogen) atoms. The average Bonchev–Trinajstić information content (AvgIpc) is 2.31. The van der Waals surface area contributed by atoms with Gasteiger partial charge in [-0.15, -0.1) is 0 Å². The maximum atomic E-state index is 12.9. The minimum atomic E-state index is -0.442. The van der Waals surface area contributed by atoms with Crippen molar-refractivity contribution in [2.24, 2.45) is 0 Å². The minimum absolute atomic E-state index is 0.0149. The Balaban J connectivity index is 2.30. The molecule has 5 heteroatoms. The number of rotatable bonds is 6. The highest BCUT2D eigenvalue weighted by Gasteiger charge is 2.02. The fourth-order valence-electron chi connectivity index (χ4n) is 1.37. The van der Waals surface area contributed by atoms with Gasteiger partial charge in [0, 0.05) is 19.6 Å². The molecule has 0 radical (unpaired) electrons. The van der Waals surface area contributed by atoms with E-state index in [9.17, 15) is 9.18 Å². The molecule has 0 atom stereocenters. The fourth-order valence-corrected chi connectivity index (χ4v) is 1.57. The second kappa shape index (κ2) is 7.25. The molecule has 94 valence electrons. The average molecular weight is 260 g/mol. The summed E-state index contributed by atoms with van der Waals surface area (Å²) in [6.07, 6.45) is 1.39. The van der Waals surface area contributed by atoms with Crippen molar-refractivity contribution >= 4 is 17.5 Å². The largest absolute Gasteiger partial charge is 0.396 e. The van der Waals surface area contributed by atoms with Gasteiger partial charge in [0.05, 0.1) is 5.02 Å². The van der Waals surface area contributed by atoms with Crippen molar-refractivity contribution in [3.8, 4) is 0 Å². The number of aliphatic hydroxyl groups excluding tert-OH is 1. The molecule has 1 aromatic carbocycles. The number of carbonyl (C=O) groups excluding carboxylic acids is 1. The Morgan fingerprint density at radius 2 is 2.24 bits per heavy atom. The lowest BCUT2D eigenvalue weighted by atomic mass is 10.1. The van der Waals surface area contributed by atoms with Crippen LogP contribution < -0.4 is 5.32 Å². The maximum Gasteiger partial charge on any atom is 0.220 e.